The molecule has 0 radical (unpaired) electrons. The summed E-state index contributed by atoms with van der Waals surface area (Å²) < 4.78 is 11.2. The summed E-state index contributed by atoms with van der Waals surface area (Å²) in [6.45, 7) is 10.4. The predicted molar refractivity (Wildman–Crippen MR) is 112 cm³/mol. The third kappa shape index (κ3) is 3.57. The number of morpholine rings is 1. The molecule has 1 saturated heterocycles. The molecule has 2 aromatic rings. The second-order valence-corrected chi connectivity index (χ2v) is 8.77. The molecular formula is C23H28N2O4. The third-order valence-electron chi connectivity index (χ3n) is 6.04. The standard InChI is InChI=1S/C23H28N2O4/c1-14(2)13-16-18(23(16,3)4)21(26)24-19-15-7-5-6-8-17(15)29-20(19)22(27)25-9-11-28-12-10-25/h5-8,13,16,18H,9-12H2,1-4H3,(H,24,26)/t16-,18+/m0/s1. The van der Waals surface area contributed by atoms with E-state index in [1.807, 2.05) is 38.1 Å². The fourth-order valence-electron chi connectivity index (χ4n) is 4.28. The number of rotatable bonds is 4. The lowest BCUT2D eigenvalue weighted by atomic mass is 10.1. The van der Waals surface area contributed by atoms with Crippen molar-refractivity contribution in [3.05, 3.63) is 41.7 Å². The van der Waals surface area contributed by atoms with E-state index in [0.717, 1.165) is 5.39 Å². The maximum Gasteiger partial charge on any atom is 0.291 e. The minimum Gasteiger partial charge on any atom is -0.449 e. The highest BCUT2D eigenvalue weighted by Gasteiger charge is 2.60. The van der Waals surface area contributed by atoms with Crippen molar-refractivity contribution in [1.82, 2.24) is 4.90 Å². The van der Waals surface area contributed by atoms with Crippen molar-refractivity contribution in [3.63, 3.8) is 0 Å². The Balaban J connectivity index is 1.65. The molecular weight excluding hydrogens is 368 g/mol. The normalized spacial score (nSPS) is 23.0. The Morgan fingerprint density at radius 2 is 1.86 bits per heavy atom. The summed E-state index contributed by atoms with van der Waals surface area (Å²) in [5.41, 5.74) is 2.17. The molecule has 2 atom stereocenters. The molecule has 1 aromatic heterocycles. The minimum absolute atomic E-state index is 0.0694. The number of anilines is 1. The molecule has 154 valence electrons. The van der Waals surface area contributed by atoms with Gasteiger partial charge >= 0.3 is 0 Å². The number of amides is 2. The van der Waals surface area contributed by atoms with Crippen molar-refractivity contribution in [3.8, 4) is 0 Å². The van der Waals surface area contributed by atoms with Crippen LogP contribution < -0.4 is 5.32 Å². The van der Waals surface area contributed by atoms with E-state index < -0.39 is 0 Å². The molecule has 4 rings (SSSR count). The van der Waals surface area contributed by atoms with E-state index in [0.29, 0.717) is 37.6 Å². The molecule has 29 heavy (non-hydrogen) atoms. The Morgan fingerprint density at radius 3 is 2.55 bits per heavy atom. The molecule has 2 aliphatic rings. The number of carbonyl (C=O) groups is 2. The van der Waals surface area contributed by atoms with Crippen molar-refractivity contribution >= 4 is 28.5 Å². The van der Waals surface area contributed by atoms with Crippen molar-refractivity contribution < 1.29 is 18.7 Å². The molecule has 6 heteroatoms. The number of para-hydroxylation sites is 1. The topological polar surface area (TPSA) is 71.8 Å². The van der Waals surface area contributed by atoms with Crippen LogP contribution in [-0.4, -0.2) is 43.0 Å². The number of benzene rings is 1. The number of allylic oxidation sites excluding steroid dienone is 2. The maximum atomic E-state index is 13.1. The molecule has 1 saturated carbocycles. The highest BCUT2D eigenvalue weighted by atomic mass is 16.5. The van der Waals surface area contributed by atoms with Crippen LogP contribution in [0.1, 0.15) is 38.2 Å². The number of furan rings is 1. The lowest BCUT2D eigenvalue weighted by molar-refractivity contribution is -0.118. The van der Waals surface area contributed by atoms with E-state index >= 15 is 0 Å². The minimum atomic E-state index is -0.212. The molecule has 0 bridgehead atoms. The molecule has 6 nitrogen and oxygen atoms in total. The Bertz CT molecular complexity index is 978. The summed E-state index contributed by atoms with van der Waals surface area (Å²) in [4.78, 5) is 28.0. The number of carbonyl (C=O) groups excluding carboxylic acids is 2. The highest BCUT2D eigenvalue weighted by Crippen LogP contribution is 2.59. The maximum absolute atomic E-state index is 13.1. The monoisotopic (exact) mass is 396 g/mol. The molecule has 1 aliphatic carbocycles. The molecule has 0 unspecified atom stereocenters. The van der Waals surface area contributed by atoms with Crippen LogP contribution in [0.5, 0.6) is 0 Å². The van der Waals surface area contributed by atoms with E-state index in [1.54, 1.807) is 4.90 Å². The van der Waals surface area contributed by atoms with Gasteiger partial charge in [-0.15, -0.1) is 0 Å². The van der Waals surface area contributed by atoms with E-state index in [1.165, 1.54) is 5.57 Å². The first-order chi connectivity index (χ1) is 13.8. The fourth-order valence-corrected chi connectivity index (χ4v) is 4.28. The smallest absolute Gasteiger partial charge is 0.291 e. The summed E-state index contributed by atoms with van der Waals surface area (Å²) >= 11 is 0. The fraction of sp³-hybridized carbons (Fsp3) is 0.478. The number of fused-ring (bicyclic) bond motifs is 1. The molecule has 2 heterocycles. The Labute approximate surface area is 170 Å². The Morgan fingerprint density at radius 1 is 1.17 bits per heavy atom. The van der Waals surface area contributed by atoms with Gasteiger partial charge in [0.05, 0.1) is 19.1 Å². The first-order valence-corrected chi connectivity index (χ1v) is 10.1. The summed E-state index contributed by atoms with van der Waals surface area (Å²) in [7, 11) is 0. The van der Waals surface area contributed by atoms with E-state index in [-0.39, 0.29) is 34.8 Å². The van der Waals surface area contributed by atoms with Gasteiger partial charge in [0.2, 0.25) is 11.7 Å². The second-order valence-electron chi connectivity index (χ2n) is 8.77. The summed E-state index contributed by atoms with van der Waals surface area (Å²) in [6, 6.07) is 7.42. The number of nitrogens with one attached hydrogen (secondary N) is 1. The van der Waals surface area contributed by atoms with Gasteiger partial charge in [0.15, 0.2) is 0 Å². The first kappa shape index (κ1) is 19.7. The van der Waals surface area contributed by atoms with Crippen LogP contribution >= 0.6 is 0 Å². The van der Waals surface area contributed by atoms with Crippen molar-refractivity contribution in [1.29, 1.82) is 0 Å². The van der Waals surface area contributed by atoms with Crippen LogP contribution in [0.25, 0.3) is 11.0 Å². The number of nitrogens with zero attached hydrogens (tertiary/aromatic N) is 1. The lowest BCUT2D eigenvalue weighted by Gasteiger charge is -2.26. The average molecular weight is 396 g/mol. The van der Waals surface area contributed by atoms with Crippen LogP contribution in [0.4, 0.5) is 5.69 Å². The van der Waals surface area contributed by atoms with E-state index in [4.69, 9.17) is 9.15 Å². The molecule has 0 spiro atoms. The van der Waals surface area contributed by atoms with Gasteiger partial charge in [-0.3, -0.25) is 9.59 Å². The highest BCUT2D eigenvalue weighted by molar-refractivity contribution is 6.11. The van der Waals surface area contributed by atoms with Crippen LogP contribution in [0.15, 0.2) is 40.3 Å². The quantitative estimate of drug-likeness (QED) is 0.791. The Hall–Kier alpha value is -2.60. The molecule has 2 fully saturated rings. The van der Waals surface area contributed by atoms with Crippen LogP contribution in [-0.2, 0) is 9.53 Å². The predicted octanol–water partition coefficient (Wildman–Crippen LogP) is 4.08. The van der Waals surface area contributed by atoms with Gasteiger partial charge in [0.1, 0.15) is 11.3 Å². The molecule has 1 aliphatic heterocycles. The molecule has 1 N–H and O–H groups in total. The summed E-state index contributed by atoms with van der Waals surface area (Å²) in [5.74, 6) is -0.0177. The zero-order valence-corrected chi connectivity index (χ0v) is 17.5. The average Bonchev–Trinajstić information content (AvgIpc) is 3.05. The van der Waals surface area contributed by atoms with Crippen LogP contribution in [0, 0.1) is 17.3 Å². The Kier molecular flexibility index (Phi) is 4.99. The van der Waals surface area contributed by atoms with Crippen LogP contribution in [0.3, 0.4) is 0 Å². The van der Waals surface area contributed by atoms with Gasteiger partial charge in [-0.05, 0) is 37.3 Å². The second kappa shape index (κ2) is 7.34. The van der Waals surface area contributed by atoms with Crippen LogP contribution in [0.2, 0.25) is 0 Å². The zero-order chi connectivity index (χ0) is 20.8. The molecule has 1 aromatic carbocycles. The number of ether oxygens (including phenoxy) is 1. The van der Waals surface area contributed by atoms with Gasteiger partial charge in [0, 0.05) is 18.5 Å². The van der Waals surface area contributed by atoms with E-state index in [9.17, 15) is 9.59 Å². The van der Waals surface area contributed by atoms with E-state index in [2.05, 4.69) is 25.2 Å². The zero-order valence-electron chi connectivity index (χ0n) is 17.5. The lowest BCUT2D eigenvalue weighted by Crippen LogP contribution is -2.40. The van der Waals surface area contributed by atoms with Gasteiger partial charge in [-0.1, -0.05) is 37.6 Å². The van der Waals surface area contributed by atoms with Gasteiger partial charge in [-0.2, -0.15) is 0 Å². The van der Waals surface area contributed by atoms with Crippen molar-refractivity contribution in [2.75, 3.05) is 31.6 Å². The van der Waals surface area contributed by atoms with Gasteiger partial charge in [0.25, 0.3) is 5.91 Å². The largest absolute Gasteiger partial charge is 0.449 e. The number of hydrogen-bond acceptors (Lipinski definition) is 4. The van der Waals surface area contributed by atoms with Gasteiger partial charge in [-0.25, -0.2) is 0 Å². The van der Waals surface area contributed by atoms with Crippen molar-refractivity contribution in [2.24, 2.45) is 17.3 Å². The number of hydrogen-bond donors (Lipinski definition) is 1. The summed E-state index contributed by atoms with van der Waals surface area (Å²) in [6.07, 6.45) is 2.16. The third-order valence-corrected chi connectivity index (χ3v) is 6.04. The van der Waals surface area contributed by atoms with Gasteiger partial charge < -0.3 is 19.4 Å². The summed E-state index contributed by atoms with van der Waals surface area (Å²) in [5, 5.41) is 3.78. The SMILES string of the molecule is CC(C)=C[C@H]1[C@H](C(=O)Nc2c(C(=O)N3CCOCC3)oc3ccccc23)C1(C)C. The first-order valence-electron chi connectivity index (χ1n) is 10.1. The molecule has 2 amide bonds. The van der Waals surface area contributed by atoms with Crippen molar-refractivity contribution in [2.45, 2.75) is 27.7 Å².